The molecule has 3 aromatic rings. The molecule has 0 bridgehead atoms. The Morgan fingerprint density at radius 3 is 2.72 bits per heavy atom. The summed E-state index contributed by atoms with van der Waals surface area (Å²) in [4.78, 5) is 29.2. The highest BCUT2D eigenvalue weighted by molar-refractivity contribution is 6.03. The Balaban J connectivity index is 1.69. The predicted molar refractivity (Wildman–Crippen MR) is 92.4 cm³/mol. The van der Waals surface area contributed by atoms with Crippen molar-refractivity contribution in [2.45, 2.75) is 0 Å². The number of fused-ring (bicyclic) bond motifs is 2. The smallest absolute Gasteiger partial charge is 0.282 e. The molecule has 0 radical (unpaired) electrons. The molecule has 0 aliphatic carbocycles. The van der Waals surface area contributed by atoms with Crippen LogP contribution < -0.4 is 20.3 Å². The average Bonchev–Trinajstić information content (AvgIpc) is 2.64. The zero-order valence-electron chi connectivity index (χ0n) is 13.5. The normalized spacial score (nSPS) is 12.8. The zero-order chi connectivity index (χ0) is 17.4. The van der Waals surface area contributed by atoms with Crippen LogP contribution in [0.1, 0.15) is 10.5 Å². The van der Waals surface area contributed by atoms with Crippen LogP contribution in [0, 0.1) is 0 Å². The second kappa shape index (κ2) is 5.94. The van der Waals surface area contributed by atoms with Crippen LogP contribution >= 0.6 is 0 Å². The number of carbonyl (C=O) groups excluding carboxylic acids is 1. The van der Waals surface area contributed by atoms with Gasteiger partial charge in [0.25, 0.3) is 11.5 Å². The lowest BCUT2D eigenvalue weighted by atomic mass is 10.2. The largest absolute Gasteiger partial charge is 0.486 e. The van der Waals surface area contributed by atoms with Gasteiger partial charge in [-0.1, -0.05) is 12.1 Å². The maximum atomic E-state index is 12.5. The van der Waals surface area contributed by atoms with Crippen molar-refractivity contribution in [1.29, 1.82) is 0 Å². The van der Waals surface area contributed by atoms with Crippen molar-refractivity contribution in [3.8, 4) is 11.5 Å². The highest BCUT2D eigenvalue weighted by Gasteiger charge is 2.18. The number of anilines is 1. The Hall–Kier alpha value is -3.35. The van der Waals surface area contributed by atoms with Crippen molar-refractivity contribution in [3.63, 3.8) is 0 Å². The van der Waals surface area contributed by atoms with E-state index in [1.807, 2.05) is 12.1 Å². The van der Waals surface area contributed by atoms with Crippen molar-refractivity contribution in [1.82, 2.24) is 9.55 Å². The molecule has 1 aliphatic rings. The van der Waals surface area contributed by atoms with E-state index in [2.05, 4.69) is 10.3 Å². The number of rotatable bonds is 2. The van der Waals surface area contributed by atoms with Gasteiger partial charge >= 0.3 is 0 Å². The molecule has 0 saturated carbocycles. The zero-order valence-corrected chi connectivity index (χ0v) is 13.5. The van der Waals surface area contributed by atoms with Gasteiger partial charge in [-0.2, -0.15) is 0 Å². The molecule has 0 fully saturated rings. The topological polar surface area (TPSA) is 82.5 Å². The van der Waals surface area contributed by atoms with E-state index in [1.54, 1.807) is 37.4 Å². The number of para-hydroxylation sites is 2. The van der Waals surface area contributed by atoms with Crippen LogP contribution in [0.15, 0.2) is 47.3 Å². The van der Waals surface area contributed by atoms with E-state index in [9.17, 15) is 9.59 Å². The maximum Gasteiger partial charge on any atom is 0.282 e. The predicted octanol–water partition coefficient (Wildman–Crippen LogP) is 1.96. The molecule has 4 rings (SSSR count). The first-order valence-corrected chi connectivity index (χ1v) is 7.80. The average molecular weight is 337 g/mol. The molecule has 0 spiro atoms. The summed E-state index contributed by atoms with van der Waals surface area (Å²) < 4.78 is 12.4. The molecule has 1 N–H and O–H groups in total. The molecule has 7 nitrogen and oxygen atoms in total. The number of carbonyl (C=O) groups is 1. The molecule has 126 valence electrons. The van der Waals surface area contributed by atoms with Gasteiger partial charge in [-0.25, -0.2) is 4.98 Å². The summed E-state index contributed by atoms with van der Waals surface area (Å²) >= 11 is 0. The van der Waals surface area contributed by atoms with E-state index >= 15 is 0 Å². The monoisotopic (exact) mass is 337 g/mol. The number of nitrogens with one attached hydrogen (secondary N) is 1. The van der Waals surface area contributed by atoms with E-state index in [1.165, 1.54) is 4.57 Å². The Labute approximate surface area is 142 Å². The summed E-state index contributed by atoms with van der Waals surface area (Å²) in [5.74, 6) is 0.621. The molecule has 1 aliphatic heterocycles. The molecule has 0 unspecified atom stereocenters. The Morgan fingerprint density at radius 2 is 1.88 bits per heavy atom. The van der Waals surface area contributed by atoms with Crippen LogP contribution in [-0.4, -0.2) is 28.7 Å². The standard InChI is InChI=1S/C18H15N3O4/c1-21-13-5-3-2-4-12(13)20-16(18(21)23)17(22)19-11-6-7-14-15(10-11)25-9-8-24-14/h2-7,10H,8-9H2,1H3,(H,19,22). The molecule has 1 amide bonds. The fourth-order valence-corrected chi connectivity index (χ4v) is 2.74. The Morgan fingerprint density at radius 1 is 1.12 bits per heavy atom. The molecular formula is C18H15N3O4. The highest BCUT2D eigenvalue weighted by atomic mass is 16.6. The minimum Gasteiger partial charge on any atom is -0.486 e. The van der Waals surface area contributed by atoms with E-state index < -0.39 is 11.5 Å². The number of ether oxygens (including phenoxy) is 2. The molecule has 25 heavy (non-hydrogen) atoms. The summed E-state index contributed by atoms with van der Waals surface area (Å²) in [6.45, 7) is 0.951. The van der Waals surface area contributed by atoms with Gasteiger partial charge in [-0.3, -0.25) is 9.59 Å². The number of hydrogen-bond donors (Lipinski definition) is 1. The molecule has 2 aromatic carbocycles. The van der Waals surface area contributed by atoms with Crippen LogP contribution in [0.5, 0.6) is 11.5 Å². The first-order chi connectivity index (χ1) is 12.1. The van der Waals surface area contributed by atoms with Gasteiger partial charge < -0.3 is 19.4 Å². The summed E-state index contributed by atoms with van der Waals surface area (Å²) in [6, 6.07) is 12.2. The van der Waals surface area contributed by atoms with Gasteiger partial charge in [0.2, 0.25) is 0 Å². The van der Waals surface area contributed by atoms with Crippen LogP contribution in [0.4, 0.5) is 5.69 Å². The van der Waals surface area contributed by atoms with E-state index in [0.29, 0.717) is 41.4 Å². The molecule has 0 atom stereocenters. The number of nitrogens with zero attached hydrogens (tertiary/aromatic N) is 2. The fourth-order valence-electron chi connectivity index (χ4n) is 2.74. The van der Waals surface area contributed by atoms with Crippen LogP contribution in [0.2, 0.25) is 0 Å². The van der Waals surface area contributed by atoms with E-state index in [4.69, 9.17) is 9.47 Å². The molecule has 2 heterocycles. The van der Waals surface area contributed by atoms with Gasteiger partial charge in [0.15, 0.2) is 17.2 Å². The summed E-state index contributed by atoms with van der Waals surface area (Å²) in [7, 11) is 1.62. The minimum atomic E-state index is -0.567. The number of amides is 1. The molecule has 1 aromatic heterocycles. The minimum absolute atomic E-state index is 0.156. The summed E-state index contributed by atoms with van der Waals surface area (Å²) in [6.07, 6.45) is 0. The molecule has 0 saturated heterocycles. The van der Waals surface area contributed by atoms with Crippen molar-refractivity contribution < 1.29 is 14.3 Å². The van der Waals surface area contributed by atoms with Gasteiger partial charge in [0.05, 0.1) is 11.0 Å². The Bertz CT molecular complexity index is 1040. The second-order valence-corrected chi connectivity index (χ2v) is 5.63. The lowest BCUT2D eigenvalue weighted by Crippen LogP contribution is -2.29. The summed E-state index contributed by atoms with van der Waals surface area (Å²) in [5.41, 5.74) is 1.15. The number of benzene rings is 2. The third-order valence-electron chi connectivity index (χ3n) is 4.00. The number of aromatic nitrogens is 2. The van der Waals surface area contributed by atoms with Gasteiger partial charge in [0, 0.05) is 18.8 Å². The van der Waals surface area contributed by atoms with Crippen LogP contribution in [-0.2, 0) is 7.05 Å². The number of aryl methyl sites for hydroxylation is 1. The van der Waals surface area contributed by atoms with Crippen molar-refractivity contribution >= 4 is 22.6 Å². The first-order valence-electron chi connectivity index (χ1n) is 7.80. The Kier molecular flexibility index (Phi) is 3.61. The fraction of sp³-hybridized carbons (Fsp3) is 0.167. The first kappa shape index (κ1) is 15.2. The van der Waals surface area contributed by atoms with Crippen LogP contribution in [0.25, 0.3) is 11.0 Å². The van der Waals surface area contributed by atoms with Gasteiger partial charge in [-0.15, -0.1) is 0 Å². The van der Waals surface area contributed by atoms with Crippen molar-refractivity contribution in [2.24, 2.45) is 7.05 Å². The quantitative estimate of drug-likeness (QED) is 0.773. The van der Waals surface area contributed by atoms with Gasteiger partial charge in [-0.05, 0) is 24.3 Å². The van der Waals surface area contributed by atoms with Gasteiger partial charge in [0.1, 0.15) is 13.2 Å². The maximum absolute atomic E-state index is 12.5. The molecular weight excluding hydrogens is 322 g/mol. The highest BCUT2D eigenvalue weighted by Crippen LogP contribution is 2.32. The van der Waals surface area contributed by atoms with Crippen molar-refractivity contribution in [3.05, 3.63) is 58.5 Å². The third-order valence-corrected chi connectivity index (χ3v) is 4.00. The molecule has 7 heteroatoms. The third kappa shape index (κ3) is 2.69. The van der Waals surface area contributed by atoms with E-state index in [0.717, 1.165) is 0 Å². The summed E-state index contributed by atoms with van der Waals surface area (Å²) in [5, 5.41) is 2.69. The lowest BCUT2D eigenvalue weighted by molar-refractivity contribution is 0.102. The van der Waals surface area contributed by atoms with E-state index in [-0.39, 0.29) is 5.69 Å². The second-order valence-electron chi connectivity index (χ2n) is 5.63. The van der Waals surface area contributed by atoms with Crippen LogP contribution in [0.3, 0.4) is 0 Å². The SMILES string of the molecule is Cn1c(=O)c(C(=O)Nc2ccc3c(c2)OCCO3)nc2ccccc21. The lowest BCUT2D eigenvalue weighted by Gasteiger charge is -2.19. The van der Waals surface area contributed by atoms with Crippen molar-refractivity contribution in [2.75, 3.05) is 18.5 Å². The number of hydrogen-bond acceptors (Lipinski definition) is 5.